The summed E-state index contributed by atoms with van der Waals surface area (Å²) in [6, 6.07) is 18.2. The van der Waals surface area contributed by atoms with E-state index in [2.05, 4.69) is 9.80 Å². The largest absolute Gasteiger partial charge is 0.355 e. The minimum atomic E-state index is -0.0165. The van der Waals surface area contributed by atoms with Gasteiger partial charge in [-0.2, -0.15) is 0 Å². The number of aromatic nitrogens is 2. The lowest BCUT2D eigenvalue weighted by Gasteiger charge is -2.41. The average Bonchev–Trinajstić information content (AvgIpc) is 2.94. The van der Waals surface area contributed by atoms with Crippen molar-refractivity contribution < 1.29 is 0 Å². The summed E-state index contributed by atoms with van der Waals surface area (Å²) in [7, 11) is 0. The Morgan fingerprint density at radius 3 is 2.42 bits per heavy atom. The van der Waals surface area contributed by atoms with Crippen LogP contribution in [-0.2, 0) is 0 Å². The number of hydrogen-bond acceptors (Lipinski definition) is 6. The SMILES string of the molecule is O=c1c2ccccc2nc(SCCCSC(=S)N2CCN(C3CCCCC3)CC2)n1-c1ccccc1. The third kappa shape index (κ3) is 6.15. The molecule has 0 N–H and O–H groups in total. The van der Waals surface area contributed by atoms with Crippen molar-refractivity contribution >= 4 is 51.0 Å². The van der Waals surface area contributed by atoms with Gasteiger partial charge in [0.15, 0.2) is 5.16 Å². The predicted molar refractivity (Wildman–Crippen MR) is 158 cm³/mol. The Kier molecular flexibility index (Phi) is 9.01. The van der Waals surface area contributed by atoms with Gasteiger partial charge in [0.05, 0.1) is 16.6 Å². The summed E-state index contributed by atoms with van der Waals surface area (Å²) in [5.41, 5.74) is 1.59. The quantitative estimate of drug-likeness (QED) is 0.162. The first-order chi connectivity index (χ1) is 17.7. The van der Waals surface area contributed by atoms with Gasteiger partial charge in [0, 0.05) is 43.7 Å². The number of nitrogens with zero attached hydrogens (tertiary/aromatic N) is 4. The molecule has 1 aliphatic heterocycles. The van der Waals surface area contributed by atoms with E-state index in [1.165, 1.54) is 32.1 Å². The number of thiocarbonyl (C=S) groups is 1. The van der Waals surface area contributed by atoms with Gasteiger partial charge in [-0.25, -0.2) is 4.98 Å². The van der Waals surface area contributed by atoms with Gasteiger partial charge in [0.2, 0.25) is 0 Å². The Labute approximate surface area is 227 Å². The smallest absolute Gasteiger partial charge is 0.266 e. The molecule has 36 heavy (non-hydrogen) atoms. The first-order valence-corrected chi connectivity index (χ1v) is 15.4. The molecule has 2 aromatic carbocycles. The molecule has 5 nitrogen and oxygen atoms in total. The molecule has 2 fully saturated rings. The minimum absolute atomic E-state index is 0.0165. The maximum Gasteiger partial charge on any atom is 0.266 e. The van der Waals surface area contributed by atoms with Crippen molar-refractivity contribution in [1.82, 2.24) is 19.4 Å². The summed E-state index contributed by atoms with van der Waals surface area (Å²) in [6.07, 6.45) is 7.97. The fourth-order valence-corrected chi connectivity index (χ4v) is 7.60. The molecule has 2 heterocycles. The highest BCUT2D eigenvalue weighted by molar-refractivity contribution is 8.22. The van der Waals surface area contributed by atoms with Gasteiger partial charge in [0.25, 0.3) is 5.56 Å². The van der Waals surface area contributed by atoms with E-state index in [4.69, 9.17) is 17.2 Å². The second kappa shape index (κ2) is 12.6. The van der Waals surface area contributed by atoms with Crippen molar-refractivity contribution in [2.45, 2.75) is 49.7 Å². The van der Waals surface area contributed by atoms with E-state index in [0.717, 1.165) is 70.8 Å². The summed E-state index contributed by atoms with van der Waals surface area (Å²) in [4.78, 5) is 23.2. The van der Waals surface area contributed by atoms with Gasteiger partial charge in [-0.15, -0.1) is 0 Å². The molecule has 0 atom stereocenters. The van der Waals surface area contributed by atoms with Crippen molar-refractivity contribution in [1.29, 1.82) is 0 Å². The minimum Gasteiger partial charge on any atom is -0.355 e. The zero-order valence-corrected chi connectivity index (χ0v) is 23.1. The fourth-order valence-electron chi connectivity index (χ4n) is 5.20. The van der Waals surface area contributed by atoms with Crippen LogP contribution >= 0.6 is 35.7 Å². The lowest BCUT2D eigenvalue weighted by molar-refractivity contribution is 0.109. The van der Waals surface area contributed by atoms with E-state index in [0.29, 0.717) is 5.39 Å². The summed E-state index contributed by atoms with van der Waals surface area (Å²) in [5, 5.41) is 1.39. The van der Waals surface area contributed by atoms with Crippen LogP contribution in [0.2, 0.25) is 0 Å². The number of rotatable bonds is 7. The fraction of sp³-hybridized carbons (Fsp3) is 0.464. The molecule has 0 bridgehead atoms. The van der Waals surface area contributed by atoms with E-state index in [9.17, 15) is 4.79 Å². The Hall–Kier alpha value is -1.87. The zero-order valence-electron chi connectivity index (χ0n) is 20.7. The first kappa shape index (κ1) is 25.8. The molecule has 0 spiro atoms. The number of para-hydroxylation sites is 2. The number of piperazine rings is 1. The monoisotopic (exact) mass is 538 g/mol. The van der Waals surface area contributed by atoms with E-state index in [1.54, 1.807) is 28.1 Å². The lowest BCUT2D eigenvalue weighted by atomic mass is 9.94. The summed E-state index contributed by atoms with van der Waals surface area (Å²) < 4.78 is 2.78. The zero-order chi connectivity index (χ0) is 24.7. The molecule has 3 aromatic rings. The molecule has 1 saturated heterocycles. The van der Waals surface area contributed by atoms with Crippen LogP contribution in [0.1, 0.15) is 38.5 Å². The van der Waals surface area contributed by atoms with Gasteiger partial charge < -0.3 is 4.90 Å². The van der Waals surface area contributed by atoms with Crippen LogP contribution in [0, 0.1) is 0 Å². The van der Waals surface area contributed by atoms with Gasteiger partial charge in [0.1, 0.15) is 4.32 Å². The number of thioether (sulfide) groups is 2. The normalized spacial score (nSPS) is 17.5. The van der Waals surface area contributed by atoms with Crippen molar-refractivity contribution in [2.75, 3.05) is 37.7 Å². The summed E-state index contributed by atoms with van der Waals surface area (Å²) in [5.74, 6) is 1.88. The van der Waals surface area contributed by atoms with Crippen molar-refractivity contribution in [3.63, 3.8) is 0 Å². The predicted octanol–water partition coefficient (Wildman–Crippen LogP) is 5.84. The van der Waals surface area contributed by atoms with Gasteiger partial charge in [-0.1, -0.05) is 85.3 Å². The maximum atomic E-state index is 13.3. The lowest BCUT2D eigenvalue weighted by Crippen LogP contribution is -2.51. The Balaban J connectivity index is 1.13. The highest BCUT2D eigenvalue weighted by atomic mass is 32.2. The van der Waals surface area contributed by atoms with Crippen LogP contribution in [-0.4, -0.2) is 67.4 Å². The first-order valence-electron chi connectivity index (χ1n) is 13.1. The number of hydrogen-bond donors (Lipinski definition) is 0. The van der Waals surface area contributed by atoms with Crippen molar-refractivity contribution in [2.24, 2.45) is 0 Å². The van der Waals surface area contributed by atoms with E-state index in [1.807, 2.05) is 54.6 Å². The number of fused-ring (bicyclic) bond motifs is 1. The number of benzene rings is 2. The Morgan fingerprint density at radius 1 is 0.917 bits per heavy atom. The molecular formula is C28H34N4OS3. The third-order valence-electron chi connectivity index (χ3n) is 7.17. The summed E-state index contributed by atoms with van der Waals surface area (Å²) in [6.45, 7) is 4.40. The second-order valence-electron chi connectivity index (χ2n) is 9.52. The maximum absolute atomic E-state index is 13.3. The molecule has 190 valence electrons. The molecule has 0 radical (unpaired) electrons. The topological polar surface area (TPSA) is 41.4 Å². The molecule has 1 aromatic heterocycles. The highest BCUT2D eigenvalue weighted by Crippen LogP contribution is 2.25. The van der Waals surface area contributed by atoms with Gasteiger partial charge >= 0.3 is 0 Å². The molecular weight excluding hydrogens is 505 g/mol. The van der Waals surface area contributed by atoms with Crippen LogP contribution in [0.5, 0.6) is 0 Å². The van der Waals surface area contributed by atoms with Gasteiger partial charge in [-0.3, -0.25) is 14.3 Å². The van der Waals surface area contributed by atoms with Crippen molar-refractivity contribution in [3.8, 4) is 5.69 Å². The molecule has 2 aliphatic rings. The highest BCUT2D eigenvalue weighted by Gasteiger charge is 2.26. The Bertz CT molecular complexity index is 1220. The second-order valence-corrected chi connectivity index (χ2v) is 12.3. The average molecular weight is 539 g/mol. The summed E-state index contributed by atoms with van der Waals surface area (Å²) >= 11 is 9.22. The third-order valence-corrected chi connectivity index (χ3v) is 9.80. The molecule has 1 saturated carbocycles. The van der Waals surface area contributed by atoms with Gasteiger partial charge in [-0.05, 0) is 43.5 Å². The van der Waals surface area contributed by atoms with Crippen LogP contribution < -0.4 is 5.56 Å². The van der Waals surface area contributed by atoms with Crippen molar-refractivity contribution in [3.05, 3.63) is 65.0 Å². The Morgan fingerprint density at radius 2 is 1.64 bits per heavy atom. The molecule has 0 unspecified atom stereocenters. The van der Waals surface area contributed by atoms with Crippen LogP contribution in [0.15, 0.2) is 64.5 Å². The van der Waals surface area contributed by atoms with E-state index >= 15 is 0 Å². The molecule has 5 rings (SSSR count). The standard InChI is InChI=1S/C28H34N4OS3/c33-26-24-14-7-8-15-25(24)29-27(32(26)23-12-5-2-6-13-23)35-20-9-21-36-28(34)31-18-16-30(17-19-31)22-10-3-1-4-11-22/h2,5-8,12-15,22H,1,3-4,9-11,16-21H2. The molecule has 0 amide bonds. The van der Waals surface area contributed by atoms with E-state index in [-0.39, 0.29) is 5.56 Å². The van der Waals surface area contributed by atoms with Crippen LogP contribution in [0.25, 0.3) is 16.6 Å². The molecule has 8 heteroatoms. The molecule has 1 aliphatic carbocycles. The van der Waals surface area contributed by atoms with E-state index < -0.39 is 0 Å². The van der Waals surface area contributed by atoms with Crippen LogP contribution in [0.4, 0.5) is 0 Å². The van der Waals surface area contributed by atoms with Crippen LogP contribution in [0.3, 0.4) is 0 Å².